The second kappa shape index (κ2) is 5.37. The molecule has 1 heterocycles. The molecule has 3 rings (SSSR count). The Hall–Kier alpha value is -2.29. The zero-order valence-corrected chi connectivity index (χ0v) is 11.5. The molecule has 0 bridgehead atoms. The summed E-state index contributed by atoms with van der Waals surface area (Å²) >= 11 is 0. The van der Waals surface area contributed by atoms with Crippen molar-refractivity contribution >= 4 is 17.3 Å². The molecular weight excluding hydrogens is 248 g/mol. The van der Waals surface area contributed by atoms with Crippen LogP contribution in [-0.2, 0) is 11.2 Å². The number of aryl methyl sites for hydroxylation is 2. The van der Waals surface area contributed by atoms with Crippen molar-refractivity contribution in [1.29, 1.82) is 0 Å². The highest BCUT2D eigenvalue weighted by Crippen LogP contribution is 2.23. The van der Waals surface area contributed by atoms with E-state index in [1.807, 2.05) is 42.5 Å². The van der Waals surface area contributed by atoms with Crippen molar-refractivity contribution < 1.29 is 4.79 Å². The first kappa shape index (κ1) is 12.7. The Balaban J connectivity index is 1.76. The number of nitrogens with one attached hydrogen (secondary N) is 2. The van der Waals surface area contributed by atoms with Crippen LogP contribution in [0.3, 0.4) is 0 Å². The normalized spacial score (nSPS) is 17.9. The van der Waals surface area contributed by atoms with Crippen LogP contribution in [0.15, 0.2) is 48.5 Å². The fraction of sp³-hybridized carbons (Fsp3) is 0.235. The van der Waals surface area contributed by atoms with E-state index in [0.717, 1.165) is 24.2 Å². The second-order valence-electron chi connectivity index (χ2n) is 5.25. The van der Waals surface area contributed by atoms with Gasteiger partial charge in [-0.05, 0) is 43.5 Å². The summed E-state index contributed by atoms with van der Waals surface area (Å²) in [6.45, 7) is 2.05. The maximum atomic E-state index is 12.3. The van der Waals surface area contributed by atoms with Crippen LogP contribution in [0.2, 0.25) is 0 Å². The number of hydrogen-bond acceptors (Lipinski definition) is 2. The lowest BCUT2D eigenvalue weighted by atomic mass is 10.1. The molecule has 0 spiro atoms. The first-order chi connectivity index (χ1) is 9.72. The van der Waals surface area contributed by atoms with Crippen molar-refractivity contribution in [2.45, 2.75) is 25.8 Å². The van der Waals surface area contributed by atoms with Crippen LogP contribution in [-0.4, -0.2) is 11.9 Å². The first-order valence-electron chi connectivity index (χ1n) is 6.94. The van der Waals surface area contributed by atoms with Gasteiger partial charge >= 0.3 is 0 Å². The van der Waals surface area contributed by atoms with Crippen molar-refractivity contribution in [1.82, 2.24) is 0 Å². The number of benzene rings is 2. The molecule has 2 aromatic rings. The topological polar surface area (TPSA) is 41.1 Å². The van der Waals surface area contributed by atoms with Crippen molar-refractivity contribution in [2.24, 2.45) is 0 Å². The number of carbonyl (C=O) groups excluding carboxylic acids is 1. The zero-order chi connectivity index (χ0) is 13.9. The van der Waals surface area contributed by atoms with Gasteiger partial charge in [-0.3, -0.25) is 4.79 Å². The van der Waals surface area contributed by atoms with Gasteiger partial charge in [-0.15, -0.1) is 0 Å². The maximum Gasteiger partial charge on any atom is 0.246 e. The molecule has 0 aliphatic carbocycles. The van der Waals surface area contributed by atoms with Crippen molar-refractivity contribution in [3.8, 4) is 0 Å². The SMILES string of the molecule is Cc1ccc(NC2CCc3ccccc3NC2=O)cc1. The Kier molecular flexibility index (Phi) is 3.42. The highest BCUT2D eigenvalue weighted by Gasteiger charge is 2.22. The Morgan fingerprint density at radius 2 is 1.85 bits per heavy atom. The summed E-state index contributed by atoms with van der Waals surface area (Å²) in [5.74, 6) is 0.0375. The Morgan fingerprint density at radius 1 is 1.10 bits per heavy atom. The Morgan fingerprint density at radius 3 is 2.65 bits per heavy atom. The van der Waals surface area contributed by atoms with Gasteiger partial charge in [0.1, 0.15) is 6.04 Å². The number of amides is 1. The quantitative estimate of drug-likeness (QED) is 0.875. The smallest absolute Gasteiger partial charge is 0.246 e. The Labute approximate surface area is 119 Å². The molecule has 0 saturated carbocycles. The second-order valence-corrected chi connectivity index (χ2v) is 5.25. The van der Waals surface area contributed by atoms with E-state index in [0.29, 0.717) is 0 Å². The van der Waals surface area contributed by atoms with Gasteiger partial charge in [0.25, 0.3) is 0 Å². The summed E-state index contributed by atoms with van der Waals surface area (Å²) < 4.78 is 0. The maximum absolute atomic E-state index is 12.3. The Bertz CT molecular complexity index is 619. The van der Waals surface area contributed by atoms with Crippen LogP contribution in [0.1, 0.15) is 17.5 Å². The molecule has 1 atom stereocenters. The molecule has 2 N–H and O–H groups in total. The van der Waals surface area contributed by atoms with Crippen LogP contribution in [0.5, 0.6) is 0 Å². The first-order valence-corrected chi connectivity index (χ1v) is 6.94. The van der Waals surface area contributed by atoms with Gasteiger partial charge in [-0.1, -0.05) is 35.9 Å². The highest BCUT2D eigenvalue weighted by atomic mass is 16.2. The van der Waals surface area contributed by atoms with Crippen molar-refractivity contribution in [3.05, 3.63) is 59.7 Å². The molecule has 1 amide bonds. The van der Waals surface area contributed by atoms with E-state index >= 15 is 0 Å². The molecule has 0 fully saturated rings. The molecule has 0 radical (unpaired) electrons. The third kappa shape index (κ3) is 2.67. The molecular formula is C17H18N2O. The largest absolute Gasteiger partial charge is 0.374 e. The predicted octanol–water partition coefficient (Wildman–Crippen LogP) is 3.36. The lowest BCUT2D eigenvalue weighted by molar-refractivity contribution is -0.116. The lowest BCUT2D eigenvalue weighted by Gasteiger charge is -2.16. The molecule has 3 heteroatoms. The van der Waals surface area contributed by atoms with Crippen LogP contribution in [0.25, 0.3) is 0 Å². The van der Waals surface area contributed by atoms with Gasteiger partial charge in [0.15, 0.2) is 0 Å². The van der Waals surface area contributed by atoms with E-state index in [4.69, 9.17) is 0 Å². The lowest BCUT2D eigenvalue weighted by Crippen LogP contribution is -2.33. The van der Waals surface area contributed by atoms with Gasteiger partial charge in [0, 0.05) is 11.4 Å². The number of rotatable bonds is 2. The predicted molar refractivity (Wildman–Crippen MR) is 82.0 cm³/mol. The molecule has 102 valence electrons. The minimum Gasteiger partial charge on any atom is -0.374 e. The van der Waals surface area contributed by atoms with Crippen LogP contribution < -0.4 is 10.6 Å². The summed E-state index contributed by atoms with van der Waals surface area (Å²) in [5.41, 5.74) is 4.34. The fourth-order valence-electron chi connectivity index (χ4n) is 2.50. The van der Waals surface area contributed by atoms with E-state index in [9.17, 15) is 4.79 Å². The van der Waals surface area contributed by atoms with Crippen LogP contribution in [0, 0.1) is 6.92 Å². The third-order valence-electron chi connectivity index (χ3n) is 3.69. The molecule has 0 aromatic heterocycles. The number of anilines is 2. The number of fused-ring (bicyclic) bond motifs is 1. The zero-order valence-electron chi connectivity index (χ0n) is 11.5. The van der Waals surface area contributed by atoms with Crippen molar-refractivity contribution in [2.75, 3.05) is 10.6 Å². The molecule has 1 aliphatic heterocycles. The standard InChI is InChI=1S/C17H18N2O/c1-12-6-9-14(10-7-12)18-16-11-8-13-4-2-3-5-15(13)19-17(16)20/h2-7,9-10,16,18H,8,11H2,1H3,(H,19,20). The van der Waals surface area contributed by atoms with Gasteiger partial charge in [-0.2, -0.15) is 0 Å². The molecule has 20 heavy (non-hydrogen) atoms. The summed E-state index contributed by atoms with van der Waals surface area (Å²) in [7, 11) is 0. The summed E-state index contributed by atoms with van der Waals surface area (Å²) in [5, 5.41) is 6.32. The van der Waals surface area contributed by atoms with Crippen molar-refractivity contribution in [3.63, 3.8) is 0 Å². The van der Waals surface area contributed by atoms with E-state index in [1.165, 1.54) is 11.1 Å². The number of para-hydroxylation sites is 1. The average molecular weight is 266 g/mol. The molecule has 2 aromatic carbocycles. The van der Waals surface area contributed by atoms with E-state index in [1.54, 1.807) is 0 Å². The number of hydrogen-bond donors (Lipinski definition) is 2. The van der Waals surface area contributed by atoms with E-state index in [2.05, 4.69) is 23.6 Å². The summed E-state index contributed by atoms with van der Waals surface area (Å²) in [6, 6.07) is 15.9. The van der Waals surface area contributed by atoms with Gasteiger partial charge in [0.05, 0.1) is 0 Å². The molecule has 1 aliphatic rings. The molecule has 1 unspecified atom stereocenters. The fourth-order valence-corrected chi connectivity index (χ4v) is 2.50. The van der Waals surface area contributed by atoms with E-state index < -0.39 is 0 Å². The molecule has 3 nitrogen and oxygen atoms in total. The van der Waals surface area contributed by atoms with E-state index in [-0.39, 0.29) is 11.9 Å². The van der Waals surface area contributed by atoms with Gasteiger partial charge in [0.2, 0.25) is 5.91 Å². The third-order valence-corrected chi connectivity index (χ3v) is 3.69. The van der Waals surface area contributed by atoms with Gasteiger partial charge in [-0.25, -0.2) is 0 Å². The summed E-state index contributed by atoms with van der Waals surface area (Å²) in [6.07, 6.45) is 1.70. The number of carbonyl (C=O) groups is 1. The summed E-state index contributed by atoms with van der Waals surface area (Å²) in [4.78, 5) is 12.3. The minimum atomic E-state index is -0.190. The van der Waals surface area contributed by atoms with Crippen LogP contribution in [0.4, 0.5) is 11.4 Å². The monoisotopic (exact) mass is 266 g/mol. The average Bonchev–Trinajstić information content (AvgIpc) is 2.61. The van der Waals surface area contributed by atoms with Gasteiger partial charge < -0.3 is 10.6 Å². The van der Waals surface area contributed by atoms with Crippen LogP contribution >= 0.6 is 0 Å². The highest BCUT2D eigenvalue weighted by molar-refractivity contribution is 5.97. The molecule has 0 saturated heterocycles. The minimum absolute atomic E-state index is 0.0375.